The molecule has 6 nitrogen and oxygen atoms in total. The van der Waals surface area contributed by atoms with Crippen LogP contribution in [0, 0.1) is 0 Å². The summed E-state index contributed by atoms with van der Waals surface area (Å²) < 4.78 is 29.1. The Kier molecular flexibility index (Phi) is 4.10. The molecule has 0 bridgehead atoms. The van der Waals surface area contributed by atoms with Gasteiger partial charge in [-0.1, -0.05) is 5.21 Å². The fourth-order valence-corrected chi connectivity index (χ4v) is 0.836. The van der Waals surface area contributed by atoms with Crippen molar-refractivity contribution in [3.8, 4) is 0 Å². The van der Waals surface area contributed by atoms with Crippen LogP contribution in [0.5, 0.6) is 0 Å². The molecule has 1 rings (SSSR count). The van der Waals surface area contributed by atoms with E-state index in [1.165, 1.54) is 10.9 Å². The van der Waals surface area contributed by atoms with Gasteiger partial charge >= 0.3 is 5.97 Å². The highest BCUT2D eigenvalue weighted by molar-refractivity contribution is 5.84. The van der Waals surface area contributed by atoms with Gasteiger partial charge in [0.1, 0.15) is 6.61 Å². The number of nitrogens with zero attached hydrogens (tertiary/aromatic N) is 3. The lowest BCUT2D eigenvalue weighted by atomic mass is 10.5. The number of carboxylic acid groups (broad SMARTS) is 1. The maximum Gasteiger partial charge on any atom is 0.358 e. The molecular weight excluding hydrogens is 212 g/mol. The van der Waals surface area contributed by atoms with E-state index < -0.39 is 19.0 Å². The molecule has 0 unspecified atom stereocenters. The Bertz CT molecular complexity index is 329. The number of halogens is 2. The van der Waals surface area contributed by atoms with Crippen molar-refractivity contribution in [3.63, 3.8) is 0 Å². The number of hydrogen-bond donors (Lipinski definition) is 1. The van der Waals surface area contributed by atoms with Gasteiger partial charge in [0.15, 0.2) is 5.69 Å². The largest absolute Gasteiger partial charge is 0.476 e. The topological polar surface area (TPSA) is 77.2 Å². The normalized spacial score (nSPS) is 10.9. The second kappa shape index (κ2) is 5.35. The molecule has 0 atom stereocenters. The first-order valence-corrected chi connectivity index (χ1v) is 4.09. The number of aromatic carboxylic acids is 1. The van der Waals surface area contributed by atoms with Crippen LogP contribution >= 0.6 is 0 Å². The summed E-state index contributed by atoms with van der Waals surface area (Å²) in [7, 11) is 0. The molecular formula is C7H9F2N3O3. The standard InChI is InChI=1S/C7H9F2N3O3/c8-6(9)4-15-2-1-12-3-5(7(13)14)10-11-12/h3,6H,1-2,4H2,(H,13,14). The molecule has 1 heterocycles. The van der Waals surface area contributed by atoms with Crippen LogP contribution in [0.15, 0.2) is 6.20 Å². The van der Waals surface area contributed by atoms with Crippen molar-refractivity contribution >= 4 is 5.97 Å². The number of aromatic nitrogens is 3. The molecule has 0 fully saturated rings. The summed E-state index contributed by atoms with van der Waals surface area (Å²) in [5, 5.41) is 15.3. The Morgan fingerprint density at radius 1 is 1.67 bits per heavy atom. The molecule has 15 heavy (non-hydrogen) atoms. The average molecular weight is 221 g/mol. The summed E-state index contributed by atoms with van der Waals surface area (Å²) in [4.78, 5) is 10.4. The van der Waals surface area contributed by atoms with Gasteiger partial charge in [0.2, 0.25) is 0 Å². The van der Waals surface area contributed by atoms with Gasteiger partial charge in [-0.15, -0.1) is 5.10 Å². The van der Waals surface area contributed by atoms with E-state index in [2.05, 4.69) is 15.0 Å². The molecule has 0 aliphatic rings. The fourth-order valence-electron chi connectivity index (χ4n) is 0.836. The summed E-state index contributed by atoms with van der Waals surface area (Å²) in [6.45, 7) is -0.416. The number of carbonyl (C=O) groups is 1. The minimum absolute atomic E-state index is 0.0345. The third-order valence-corrected chi connectivity index (χ3v) is 1.47. The van der Waals surface area contributed by atoms with Gasteiger partial charge in [0.25, 0.3) is 6.43 Å². The second-order valence-corrected chi connectivity index (χ2v) is 2.64. The minimum Gasteiger partial charge on any atom is -0.476 e. The monoisotopic (exact) mass is 221 g/mol. The van der Waals surface area contributed by atoms with Crippen molar-refractivity contribution in [2.45, 2.75) is 13.0 Å². The highest BCUT2D eigenvalue weighted by Crippen LogP contribution is 1.95. The second-order valence-electron chi connectivity index (χ2n) is 2.64. The van der Waals surface area contributed by atoms with Crippen LogP contribution in [-0.2, 0) is 11.3 Å². The van der Waals surface area contributed by atoms with Gasteiger partial charge in [0, 0.05) is 0 Å². The zero-order valence-electron chi connectivity index (χ0n) is 7.64. The first kappa shape index (κ1) is 11.5. The Hall–Kier alpha value is -1.57. The van der Waals surface area contributed by atoms with E-state index in [9.17, 15) is 13.6 Å². The van der Waals surface area contributed by atoms with Gasteiger partial charge in [-0.25, -0.2) is 18.3 Å². The number of ether oxygens (including phenoxy) is 1. The third-order valence-electron chi connectivity index (χ3n) is 1.47. The van der Waals surface area contributed by atoms with E-state index in [0.717, 1.165) is 0 Å². The average Bonchev–Trinajstić information content (AvgIpc) is 2.60. The number of rotatable bonds is 6. The molecule has 1 aromatic heterocycles. The minimum atomic E-state index is -2.50. The van der Waals surface area contributed by atoms with Crippen LogP contribution in [0.3, 0.4) is 0 Å². The summed E-state index contributed by atoms with van der Waals surface area (Å²) in [6, 6.07) is 0. The Morgan fingerprint density at radius 3 is 2.93 bits per heavy atom. The summed E-state index contributed by atoms with van der Waals surface area (Å²) in [5.74, 6) is -1.19. The zero-order chi connectivity index (χ0) is 11.3. The van der Waals surface area contributed by atoms with Gasteiger partial charge < -0.3 is 9.84 Å². The molecule has 1 N–H and O–H groups in total. The quantitative estimate of drug-likeness (QED) is 0.697. The van der Waals surface area contributed by atoms with Crippen molar-refractivity contribution < 1.29 is 23.4 Å². The van der Waals surface area contributed by atoms with Crippen molar-refractivity contribution in [3.05, 3.63) is 11.9 Å². The number of alkyl halides is 2. The lowest BCUT2D eigenvalue weighted by molar-refractivity contribution is 0.0139. The fraction of sp³-hybridized carbons (Fsp3) is 0.571. The SMILES string of the molecule is O=C(O)c1cn(CCOCC(F)F)nn1. The van der Waals surface area contributed by atoms with Gasteiger partial charge in [-0.2, -0.15) is 0 Å². The molecule has 0 aromatic carbocycles. The van der Waals surface area contributed by atoms with Gasteiger partial charge in [-0.05, 0) is 0 Å². The van der Waals surface area contributed by atoms with E-state index in [0.29, 0.717) is 0 Å². The third kappa shape index (κ3) is 3.98. The maximum absolute atomic E-state index is 11.6. The van der Waals surface area contributed by atoms with Crippen molar-refractivity contribution in [2.75, 3.05) is 13.2 Å². The number of hydrogen-bond acceptors (Lipinski definition) is 4. The van der Waals surface area contributed by atoms with Crippen molar-refractivity contribution in [1.82, 2.24) is 15.0 Å². The summed E-state index contributed by atoms with van der Waals surface area (Å²) in [5.41, 5.74) is -0.191. The molecule has 0 aliphatic heterocycles. The predicted molar refractivity (Wildman–Crippen MR) is 43.8 cm³/mol. The van der Waals surface area contributed by atoms with Crippen LogP contribution in [0.25, 0.3) is 0 Å². The van der Waals surface area contributed by atoms with Crippen LogP contribution in [0.1, 0.15) is 10.5 Å². The summed E-state index contributed by atoms with van der Waals surface area (Å²) in [6.07, 6.45) is -1.30. The maximum atomic E-state index is 11.6. The van der Waals surface area contributed by atoms with E-state index in [1.807, 2.05) is 0 Å². The molecule has 0 amide bonds. The molecule has 0 radical (unpaired) electrons. The molecule has 1 aromatic rings. The van der Waals surface area contributed by atoms with Crippen LogP contribution < -0.4 is 0 Å². The van der Waals surface area contributed by atoms with E-state index in [4.69, 9.17) is 5.11 Å². The molecule has 0 saturated carbocycles. The van der Waals surface area contributed by atoms with E-state index >= 15 is 0 Å². The van der Waals surface area contributed by atoms with Gasteiger partial charge in [-0.3, -0.25) is 0 Å². The van der Waals surface area contributed by atoms with Crippen molar-refractivity contribution in [1.29, 1.82) is 0 Å². The Balaban J connectivity index is 2.29. The predicted octanol–water partition coefficient (Wildman–Crippen LogP) is 0.258. The lowest BCUT2D eigenvalue weighted by Gasteiger charge is -2.02. The molecule has 0 saturated heterocycles. The molecule has 84 valence electrons. The molecule has 0 aliphatic carbocycles. The van der Waals surface area contributed by atoms with Crippen molar-refractivity contribution in [2.24, 2.45) is 0 Å². The number of carboxylic acids is 1. The lowest BCUT2D eigenvalue weighted by Crippen LogP contribution is -2.11. The van der Waals surface area contributed by atoms with Crippen LogP contribution in [0.4, 0.5) is 8.78 Å². The van der Waals surface area contributed by atoms with E-state index in [1.54, 1.807) is 0 Å². The molecule has 8 heteroatoms. The Labute approximate surface area is 83.5 Å². The molecule has 0 spiro atoms. The zero-order valence-corrected chi connectivity index (χ0v) is 7.64. The van der Waals surface area contributed by atoms with Crippen LogP contribution in [0.2, 0.25) is 0 Å². The smallest absolute Gasteiger partial charge is 0.358 e. The van der Waals surface area contributed by atoms with Crippen LogP contribution in [-0.4, -0.2) is 45.7 Å². The first-order chi connectivity index (χ1) is 7.09. The summed E-state index contributed by atoms with van der Waals surface area (Å²) >= 11 is 0. The van der Waals surface area contributed by atoms with E-state index in [-0.39, 0.29) is 18.8 Å². The van der Waals surface area contributed by atoms with Gasteiger partial charge in [0.05, 0.1) is 19.3 Å². The Morgan fingerprint density at radius 2 is 2.40 bits per heavy atom. The highest BCUT2D eigenvalue weighted by Gasteiger charge is 2.08. The first-order valence-electron chi connectivity index (χ1n) is 4.09. The highest BCUT2D eigenvalue weighted by atomic mass is 19.3.